The zero-order valence-corrected chi connectivity index (χ0v) is 16.1. The molecule has 3 rings (SSSR count). The molecule has 136 valence electrons. The van der Waals surface area contributed by atoms with E-state index in [1.165, 1.54) is 0 Å². The lowest BCUT2D eigenvalue weighted by atomic mass is 10.2. The van der Waals surface area contributed by atoms with Crippen molar-refractivity contribution in [2.75, 3.05) is 27.2 Å². The first kappa shape index (κ1) is 18.6. The van der Waals surface area contributed by atoms with Gasteiger partial charge in [0.2, 0.25) is 5.91 Å². The number of hydrogen-bond donors (Lipinski definition) is 1. The number of benzene rings is 1. The maximum atomic E-state index is 12.4. The summed E-state index contributed by atoms with van der Waals surface area (Å²) in [6.45, 7) is 1.47. The van der Waals surface area contributed by atoms with Crippen molar-refractivity contribution in [2.45, 2.75) is 6.54 Å². The van der Waals surface area contributed by atoms with Gasteiger partial charge in [-0.15, -0.1) is 0 Å². The van der Waals surface area contributed by atoms with Crippen LogP contribution in [0.1, 0.15) is 0 Å². The van der Waals surface area contributed by atoms with Crippen molar-refractivity contribution < 1.29 is 4.79 Å². The lowest BCUT2D eigenvalue weighted by Crippen LogP contribution is -2.33. The molecule has 1 amide bonds. The first-order valence-corrected chi connectivity index (χ1v) is 8.89. The smallest absolute Gasteiger partial charge is 0.240 e. The van der Waals surface area contributed by atoms with Gasteiger partial charge in [0.25, 0.3) is 0 Å². The summed E-state index contributed by atoms with van der Waals surface area (Å²) < 4.78 is 1.79. The Labute approximate surface area is 161 Å². The number of nitrogens with one attached hydrogen (secondary N) is 1. The third kappa shape index (κ3) is 4.15. The molecule has 0 atom stereocenters. The molecular formula is C18H19Cl2N5O. The number of halogens is 2. The van der Waals surface area contributed by atoms with Crippen molar-refractivity contribution in [1.82, 2.24) is 24.8 Å². The fourth-order valence-electron chi connectivity index (χ4n) is 2.58. The first-order valence-electron chi connectivity index (χ1n) is 8.14. The van der Waals surface area contributed by atoms with E-state index < -0.39 is 0 Å². The van der Waals surface area contributed by atoms with E-state index >= 15 is 0 Å². The number of carbonyl (C=O) groups is 1. The van der Waals surface area contributed by atoms with E-state index in [1.54, 1.807) is 22.9 Å². The van der Waals surface area contributed by atoms with E-state index in [0.29, 0.717) is 28.1 Å². The highest BCUT2D eigenvalue weighted by Crippen LogP contribution is 2.29. The topological polar surface area (TPSA) is 63.1 Å². The van der Waals surface area contributed by atoms with Crippen molar-refractivity contribution in [1.29, 1.82) is 0 Å². The summed E-state index contributed by atoms with van der Waals surface area (Å²) in [5.41, 5.74) is 2.14. The summed E-state index contributed by atoms with van der Waals surface area (Å²) in [5.74, 6) is 0.526. The minimum Gasteiger partial charge on any atom is -0.353 e. The zero-order valence-electron chi connectivity index (χ0n) is 14.5. The molecule has 0 saturated carbocycles. The maximum Gasteiger partial charge on any atom is 0.240 e. The van der Waals surface area contributed by atoms with Crippen molar-refractivity contribution in [3.63, 3.8) is 0 Å². The van der Waals surface area contributed by atoms with Crippen molar-refractivity contribution >= 4 is 40.3 Å². The largest absolute Gasteiger partial charge is 0.353 e. The average molecular weight is 392 g/mol. The Balaban J connectivity index is 1.94. The quantitative estimate of drug-likeness (QED) is 0.701. The van der Waals surface area contributed by atoms with Gasteiger partial charge in [0, 0.05) is 24.8 Å². The third-order valence-corrected chi connectivity index (χ3v) is 4.60. The summed E-state index contributed by atoms with van der Waals surface area (Å²) in [5, 5.41) is 3.82. The molecule has 0 spiro atoms. The molecule has 0 aliphatic carbocycles. The number of rotatable bonds is 6. The van der Waals surface area contributed by atoms with Crippen LogP contribution in [0.15, 0.2) is 36.5 Å². The van der Waals surface area contributed by atoms with Crippen LogP contribution in [0, 0.1) is 0 Å². The van der Waals surface area contributed by atoms with E-state index in [0.717, 1.165) is 17.6 Å². The number of imidazole rings is 1. The van der Waals surface area contributed by atoms with Crippen LogP contribution in [0.3, 0.4) is 0 Å². The highest BCUT2D eigenvalue weighted by atomic mass is 35.5. The Hall–Kier alpha value is -2.15. The van der Waals surface area contributed by atoms with Gasteiger partial charge in [-0.25, -0.2) is 9.97 Å². The molecule has 0 fully saturated rings. The average Bonchev–Trinajstić information content (AvgIpc) is 2.96. The number of aromatic nitrogens is 3. The summed E-state index contributed by atoms with van der Waals surface area (Å²) in [4.78, 5) is 23.4. The van der Waals surface area contributed by atoms with Crippen LogP contribution in [-0.2, 0) is 11.3 Å². The summed E-state index contributed by atoms with van der Waals surface area (Å²) in [7, 11) is 3.92. The second kappa shape index (κ2) is 8.03. The molecule has 0 aliphatic heterocycles. The summed E-state index contributed by atoms with van der Waals surface area (Å²) in [6, 6.07) is 8.97. The highest BCUT2D eigenvalue weighted by molar-refractivity contribution is 6.42. The van der Waals surface area contributed by atoms with Gasteiger partial charge in [0.1, 0.15) is 17.9 Å². The number of fused-ring (bicyclic) bond motifs is 1. The lowest BCUT2D eigenvalue weighted by Gasteiger charge is -2.12. The Morgan fingerprint density at radius 3 is 2.77 bits per heavy atom. The van der Waals surface area contributed by atoms with E-state index in [4.69, 9.17) is 23.2 Å². The fourth-order valence-corrected chi connectivity index (χ4v) is 2.88. The molecule has 0 radical (unpaired) electrons. The van der Waals surface area contributed by atoms with E-state index in [1.807, 2.05) is 37.2 Å². The van der Waals surface area contributed by atoms with Gasteiger partial charge >= 0.3 is 0 Å². The highest BCUT2D eigenvalue weighted by Gasteiger charge is 2.16. The number of nitrogens with zero attached hydrogens (tertiary/aromatic N) is 4. The monoisotopic (exact) mass is 391 g/mol. The predicted octanol–water partition coefficient (Wildman–Crippen LogP) is 3.08. The standard InChI is InChI=1S/C18H19Cl2N5O/c1-24(2)9-8-21-16(26)11-25-17(12-5-6-13(19)14(20)10-12)23-15-4-3-7-22-18(15)25/h3-7,10H,8-9,11H2,1-2H3,(H,21,26). The van der Waals surface area contributed by atoms with Crippen molar-refractivity contribution in [3.05, 3.63) is 46.6 Å². The van der Waals surface area contributed by atoms with Gasteiger partial charge < -0.3 is 10.2 Å². The van der Waals surface area contributed by atoms with Crippen molar-refractivity contribution in [2.24, 2.45) is 0 Å². The van der Waals surface area contributed by atoms with Gasteiger partial charge in [-0.1, -0.05) is 23.2 Å². The Kier molecular flexibility index (Phi) is 5.76. The van der Waals surface area contributed by atoms with E-state index in [9.17, 15) is 4.79 Å². The predicted molar refractivity (Wildman–Crippen MR) is 105 cm³/mol. The SMILES string of the molecule is CN(C)CCNC(=O)Cn1c(-c2ccc(Cl)c(Cl)c2)nc2cccnc21. The summed E-state index contributed by atoms with van der Waals surface area (Å²) >= 11 is 12.2. The van der Waals surface area contributed by atoms with E-state index in [2.05, 4.69) is 15.3 Å². The maximum absolute atomic E-state index is 12.4. The van der Waals surface area contributed by atoms with Gasteiger partial charge in [-0.2, -0.15) is 0 Å². The van der Waals surface area contributed by atoms with Crippen LogP contribution in [0.4, 0.5) is 0 Å². The molecule has 8 heteroatoms. The molecule has 6 nitrogen and oxygen atoms in total. The first-order chi connectivity index (χ1) is 12.5. The van der Waals surface area contributed by atoms with Gasteiger partial charge in [0.15, 0.2) is 5.65 Å². The number of carbonyl (C=O) groups excluding carboxylic acids is 1. The molecule has 1 aromatic carbocycles. The molecular weight excluding hydrogens is 373 g/mol. The zero-order chi connectivity index (χ0) is 18.7. The number of amides is 1. The molecule has 2 aromatic heterocycles. The van der Waals surface area contributed by atoms with Crippen LogP contribution in [0.25, 0.3) is 22.6 Å². The Morgan fingerprint density at radius 2 is 2.04 bits per heavy atom. The second-order valence-electron chi connectivity index (χ2n) is 6.15. The third-order valence-electron chi connectivity index (χ3n) is 3.86. The number of pyridine rings is 1. The van der Waals surface area contributed by atoms with Crippen LogP contribution in [-0.4, -0.2) is 52.5 Å². The van der Waals surface area contributed by atoms with Gasteiger partial charge in [-0.3, -0.25) is 9.36 Å². The van der Waals surface area contributed by atoms with Crippen LogP contribution in [0.2, 0.25) is 10.0 Å². The minimum atomic E-state index is -0.0990. The molecule has 3 aromatic rings. The molecule has 0 bridgehead atoms. The number of likely N-dealkylation sites (N-methyl/N-ethyl adjacent to an activating group) is 1. The number of hydrogen-bond acceptors (Lipinski definition) is 4. The molecule has 2 heterocycles. The molecule has 0 saturated heterocycles. The summed E-state index contributed by atoms with van der Waals surface area (Å²) in [6.07, 6.45) is 1.68. The Bertz CT molecular complexity index is 938. The molecule has 26 heavy (non-hydrogen) atoms. The molecule has 0 aliphatic rings. The van der Waals surface area contributed by atoms with Crippen LogP contribution >= 0.6 is 23.2 Å². The van der Waals surface area contributed by atoms with Crippen molar-refractivity contribution in [3.8, 4) is 11.4 Å². The van der Waals surface area contributed by atoms with E-state index in [-0.39, 0.29) is 12.5 Å². The second-order valence-corrected chi connectivity index (χ2v) is 6.96. The molecule has 0 unspecified atom stereocenters. The molecule has 1 N–H and O–H groups in total. The Morgan fingerprint density at radius 1 is 1.23 bits per heavy atom. The fraction of sp³-hybridized carbons (Fsp3) is 0.278. The van der Waals surface area contributed by atoms with Crippen LogP contribution < -0.4 is 5.32 Å². The van der Waals surface area contributed by atoms with Gasteiger partial charge in [0.05, 0.1) is 10.0 Å². The minimum absolute atomic E-state index is 0.0990. The van der Waals surface area contributed by atoms with Crippen LogP contribution in [0.5, 0.6) is 0 Å². The normalized spacial score (nSPS) is 11.3. The van der Waals surface area contributed by atoms with Gasteiger partial charge in [-0.05, 0) is 44.4 Å². The lowest BCUT2D eigenvalue weighted by molar-refractivity contribution is -0.121.